The number of benzene rings is 1. The van der Waals surface area contributed by atoms with E-state index in [1.807, 2.05) is 37.3 Å². The van der Waals surface area contributed by atoms with Gasteiger partial charge in [-0.15, -0.1) is 0 Å². The molecule has 1 aromatic rings. The lowest BCUT2D eigenvalue weighted by atomic mass is 9.76. The second-order valence-corrected chi connectivity index (χ2v) is 4.26. The first-order valence-corrected chi connectivity index (χ1v) is 6.33. The van der Waals surface area contributed by atoms with Crippen molar-refractivity contribution in [2.75, 3.05) is 13.2 Å². The highest BCUT2D eigenvalue weighted by Crippen LogP contribution is 2.32. The zero-order valence-corrected chi connectivity index (χ0v) is 10.8. The highest BCUT2D eigenvalue weighted by Gasteiger charge is 2.30. The van der Waals surface area contributed by atoms with Crippen LogP contribution in [0.3, 0.4) is 0 Å². The highest BCUT2D eigenvalue weighted by atomic mass is 16.5. The quantitative estimate of drug-likeness (QED) is 0.671. The van der Waals surface area contributed by atoms with Crippen LogP contribution in [0.1, 0.15) is 38.7 Å². The average molecular weight is 231 g/mol. The Bertz CT molecular complexity index is 355. The summed E-state index contributed by atoms with van der Waals surface area (Å²) >= 11 is 0. The fraction of sp³-hybridized carbons (Fsp3) is 0.533. The van der Waals surface area contributed by atoms with Crippen LogP contribution in [0.15, 0.2) is 30.3 Å². The van der Waals surface area contributed by atoms with Gasteiger partial charge in [-0.05, 0) is 25.3 Å². The van der Waals surface area contributed by atoms with Crippen LogP contribution in [0.2, 0.25) is 0 Å². The van der Waals surface area contributed by atoms with Gasteiger partial charge in [0.1, 0.15) is 0 Å². The Hall–Kier alpha value is -1.33. The number of ether oxygens (including phenoxy) is 1. The lowest BCUT2D eigenvalue weighted by Crippen LogP contribution is -2.26. The fourth-order valence-electron chi connectivity index (χ4n) is 2.16. The first kappa shape index (κ1) is 13.7. The molecule has 0 aliphatic rings. The molecule has 1 aromatic carbocycles. The Balaban J connectivity index is 2.89. The van der Waals surface area contributed by atoms with Gasteiger partial charge in [0, 0.05) is 13.2 Å². The summed E-state index contributed by atoms with van der Waals surface area (Å²) in [7, 11) is 0. The second-order valence-electron chi connectivity index (χ2n) is 4.26. The summed E-state index contributed by atoms with van der Waals surface area (Å²) < 4.78 is 5.41. The summed E-state index contributed by atoms with van der Waals surface area (Å²) in [5.74, 6) is 0. The first-order chi connectivity index (χ1) is 8.29. The van der Waals surface area contributed by atoms with Gasteiger partial charge in [0.15, 0.2) is 0 Å². The Kier molecular flexibility index (Phi) is 5.72. The maximum atomic E-state index is 9.55. The van der Waals surface area contributed by atoms with Crippen LogP contribution in [0.5, 0.6) is 0 Å². The van der Waals surface area contributed by atoms with E-state index in [9.17, 15) is 5.26 Å². The zero-order valence-electron chi connectivity index (χ0n) is 10.8. The van der Waals surface area contributed by atoms with Gasteiger partial charge in [0.25, 0.3) is 0 Å². The third kappa shape index (κ3) is 3.57. The molecule has 0 spiro atoms. The predicted molar refractivity (Wildman–Crippen MR) is 69.8 cm³/mol. The third-order valence-corrected chi connectivity index (χ3v) is 3.09. The highest BCUT2D eigenvalue weighted by molar-refractivity contribution is 5.32. The molecule has 0 saturated carbocycles. The molecular weight excluding hydrogens is 210 g/mol. The van der Waals surface area contributed by atoms with Crippen molar-refractivity contribution in [3.8, 4) is 6.07 Å². The molecular formula is C15H21NO. The van der Waals surface area contributed by atoms with Crippen molar-refractivity contribution in [3.63, 3.8) is 0 Å². The molecule has 0 amide bonds. The Morgan fingerprint density at radius 2 is 1.88 bits per heavy atom. The average Bonchev–Trinajstić information content (AvgIpc) is 2.39. The largest absolute Gasteiger partial charge is 0.382 e. The minimum Gasteiger partial charge on any atom is -0.382 e. The van der Waals surface area contributed by atoms with Crippen molar-refractivity contribution in [2.24, 2.45) is 0 Å². The van der Waals surface area contributed by atoms with Gasteiger partial charge in [-0.3, -0.25) is 0 Å². The Morgan fingerprint density at radius 1 is 1.18 bits per heavy atom. The van der Waals surface area contributed by atoms with Crippen LogP contribution in [0.25, 0.3) is 0 Å². The molecule has 0 heterocycles. The molecule has 0 saturated heterocycles. The van der Waals surface area contributed by atoms with E-state index in [0.717, 1.165) is 24.8 Å². The number of rotatable bonds is 7. The number of hydrogen-bond acceptors (Lipinski definition) is 2. The smallest absolute Gasteiger partial charge is 0.0844 e. The van der Waals surface area contributed by atoms with Crippen LogP contribution in [-0.2, 0) is 10.2 Å². The Morgan fingerprint density at radius 3 is 2.41 bits per heavy atom. The zero-order chi connectivity index (χ0) is 12.6. The maximum absolute atomic E-state index is 9.55. The van der Waals surface area contributed by atoms with Gasteiger partial charge >= 0.3 is 0 Å². The second kappa shape index (κ2) is 7.09. The molecule has 1 atom stereocenters. The third-order valence-electron chi connectivity index (χ3n) is 3.09. The molecule has 1 rings (SSSR count). The van der Waals surface area contributed by atoms with E-state index in [1.54, 1.807) is 0 Å². The number of nitriles is 1. The van der Waals surface area contributed by atoms with E-state index in [4.69, 9.17) is 4.74 Å². The molecule has 92 valence electrons. The van der Waals surface area contributed by atoms with Crippen LogP contribution in [0, 0.1) is 11.3 Å². The summed E-state index contributed by atoms with van der Waals surface area (Å²) in [6.45, 7) is 5.47. The van der Waals surface area contributed by atoms with Gasteiger partial charge in [0.05, 0.1) is 11.5 Å². The molecule has 2 nitrogen and oxygen atoms in total. The number of hydrogen-bond donors (Lipinski definition) is 0. The summed E-state index contributed by atoms with van der Waals surface area (Å²) in [5, 5.41) is 9.55. The molecule has 0 bridgehead atoms. The summed E-state index contributed by atoms with van der Waals surface area (Å²) in [6, 6.07) is 12.6. The molecule has 0 radical (unpaired) electrons. The predicted octanol–water partition coefficient (Wildman–Crippen LogP) is 3.67. The van der Waals surface area contributed by atoms with E-state index in [-0.39, 0.29) is 5.41 Å². The van der Waals surface area contributed by atoms with Gasteiger partial charge in [-0.2, -0.15) is 5.26 Å². The van der Waals surface area contributed by atoms with Crippen molar-refractivity contribution in [2.45, 2.75) is 38.5 Å². The minimum atomic E-state index is -0.384. The van der Waals surface area contributed by atoms with E-state index in [2.05, 4.69) is 13.0 Å². The first-order valence-electron chi connectivity index (χ1n) is 6.33. The molecule has 2 heteroatoms. The van der Waals surface area contributed by atoms with E-state index in [0.29, 0.717) is 13.2 Å². The normalized spacial score (nSPS) is 13.9. The molecule has 0 N–H and O–H groups in total. The van der Waals surface area contributed by atoms with Gasteiger partial charge in [0.2, 0.25) is 0 Å². The SMILES string of the molecule is CCC[C@@](C#N)(CCOCC)c1ccccc1. The van der Waals surface area contributed by atoms with Crippen LogP contribution in [-0.4, -0.2) is 13.2 Å². The Labute approximate surface area is 104 Å². The summed E-state index contributed by atoms with van der Waals surface area (Å²) in [6.07, 6.45) is 2.67. The molecule has 0 aromatic heterocycles. The van der Waals surface area contributed by atoms with E-state index in [1.165, 1.54) is 0 Å². The van der Waals surface area contributed by atoms with Crippen molar-refractivity contribution < 1.29 is 4.74 Å². The lowest BCUT2D eigenvalue weighted by molar-refractivity contribution is 0.131. The van der Waals surface area contributed by atoms with E-state index < -0.39 is 0 Å². The molecule has 0 aliphatic heterocycles. The van der Waals surface area contributed by atoms with Gasteiger partial charge in [-0.25, -0.2) is 0 Å². The summed E-state index contributed by atoms with van der Waals surface area (Å²) in [5.41, 5.74) is 0.731. The molecule has 0 unspecified atom stereocenters. The van der Waals surface area contributed by atoms with Crippen molar-refractivity contribution in [1.29, 1.82) is 5.26 Å². The van der Waals surface area contributed by atoms with Gasteiger partial charge in [-0.1, -0.05) is 43.7 Å². The monoisotopic (exact) mass is 231 g/mol. The molecule has 0 fully saturated rings. The fourth-order valence-corrected chi connectivity index (χ4v) is 2.16. The summed E-state index contributed by atoms with van der Waals surface area (Å²) in [4.78, 5) is 0. The van der Waals surface area contributed by atoms with Gasteiger partial charge < -0.3 is 4.74 Å². The maximum Gasteiger partial charge on any atom is 0.0844 e. The minimum absolute atomic E-state index is 0.384. The lowest BCUT2D eigenvalue weighted by Gasteiger charge is -2.26. The van der Waals surface area contributed by atoms with E-state index >= 15 is 0 Å². The number of nitrogens with zero attached hydrogens (tertiary/aromatic N) is 1. The van der Waals surface area contributed by atoms with Crippen LogP contribution < -0.4 is 0 Å². The van der Waals surface area contributed by atoms with Crippen molar-refractivity contribution in [1.82, 2.24) is 0 Å². The van der Waals surface area contributed by atoms with Crippen molar-refractivity contribution >= 4 is 0 Å². The topological polar surface area (TPSA) is 33.0 Å². The van der Waals surface area contributed by atoms with Crippen LogP contribution in [0.4, 0.5) is 0 Å². The van der Waals surface area contributed by atoms with Crippen molar-refractivity contribution in [3.05, 3.63) is 35.9 Å². The molecule has 0 aliphatic carbocycles. The van der Waals surface area contributed by atoms with Crippen LogP contribution >= 0.6 is 0 Å². The standard InChI is InChI=1S/C15H21NO/c1-3-10-15(13-16,11-12-17-4-2)14-8-6-5-7-9-14/h5-9H,3-4,10-12H2,1-2H3/t15-/m0/s1. The molecule has 17 heavy (non-hydrogen) atoms.